The lowest BCUT2D eigenvalue weighted by molar-refractivity contribution is -0.232. The number of aliphatic hydroxyl groups is 12. The number of aliphatic hydroxyl groups excluding tert-OH is 12. The monoisotopic (exact) mass is 1300 g/mol. The second-order valence-corrected chi connectivity index (χ2v) is 24.0. The molecule has 0 aliphatic carbocycles. The van der Waals surface area contributed by atoms with Crippen molar-refractivity contribution in [3.05, 3.63) is 177 Å². The lowest BCUT2D eigenvalue weighted by Gasteiger charge is -2.40. The molecule has 0 spiro atoms. The molecule has 25 heteroatoms. The largest absolute Gasteiger partial charge is 0.507 e. The molecule has 504 valence electrons. The van der Waals surface area contributed by atoms with E-state index in [1.807, 2.05) is 105 Å². The van der Waals surface area contributed by atoms with Gasteiger partial charge < -0.3 is 115 Å². The molecule has 1 aromatic heterocycles. The molecule has 94 heavy (non-hydrogen) atoms. The number of nitrogens with one attached hydrogen (secondary N) is 3. The van der Waals surface area contributed by atoms with Crippen LogP contribution in [0.5, 0.6) is 28.7 Å². The Morgan fingerprint density at radius 1 is 0.500 bits per heavy atom. The number of fused-ring (bicyclic) bond motifs is 3. The fraction of sp³-hybridized carbons (Fsp3) is 0.435. The highest BCUT2D eigenvalue weighted by atomic mass is 16.6. The summed E-state index contributed by atoms with van der Waals surface area (Å²) in [6.07, 6.45) is -13.4. The Hall–Kier alpha value is -7.67. The Balaban J connectivity index is 0.000000144. The molecule has 0 amide bonds. The first-order valence-electron chi connectivity index (χ1n) is 31.6. The highest BCUT2D eigenvalue weighted by molar-refractivity contribution is 5.63. The summed E-state index contributed by atoms with van der Waals surface area (Å²) in [5.74, 6) is 3.13. The number of nitrogens with zero attached hydrogens (tertiary/aromatic N) is 2. The van der Waals surface area contributed by atoms with Crippen LogP contribution in [0.2, 0.25) is 0 Å². The predicted molar refractivity (Wildman–Crippen MR) is 342 cm³/mol. The molecule has 6 aliphatic rings. The lowest BCUT2D eigenvalue weighted by atomic mass is 9.88. The van der Waals surface area contributed by atoms with E-state index in [1.54, 1.807) is 29.1 Å². The Morgan fingerprint density at radius 3 is 1.41 bits per heavy atom. The van der Waals surface area contributed by atoms with Crippen molar-refractivity contribution in [1.29, 1.82) is 0 Å². The summed E-state index contributed by atoms with van der Waals surface area (Å²) in [6, 6.07) is 34.2. The lowest BCUT2D eigenvalue weighted by Crippen LogP contribution is -2.55. The zero-order valence-corrected chi connectivity index (χ0v) is 52.0. The summed E-state index contributed by atoms with van der Waals surface area (Å²) in [5, 5.41) is 146. The van der Waals surface area contributed by atoms with Crippen molar-refractivity contribution in [3.63, 3.8) is 0 Å². The Labute approximate surface area is 542 Å². The van der Waals surface area contributed by atoms with Gasteiger partial charge in [0, 0.05) is 56.0 Å². The van der Waals surface area contributed by atoms with Crippen LogP contribution in [-0.4, -0.2) is 215 Å². The molecule has 6 aliphatic heterocycles. The average Bonchev–Trinajstić information content (AvgIpc) is 0.922. The number of rotatable bonds is 15. The van der Waals surface area contributed by atoms with Gasteiger partial charge in [0.2, 0.25) is 0 Å². The SMILES string of the molecule is CCOc1ccc([C@@H]2O[C@H](CO)[C@@H](O)[C@H](O)[C@H]2O)cc1Cc1ccc2c(c1)NCCO2.Cc1ccc([C@@H]2O[C@H](CO)[C@@H](O)[C@H](O)[C@H]2O)c(O)c1Cc1ccc2c(c1)NCCO2.OC[C@H]1O[C@@H](c2ccc(-n3cccn3)c(Cc3ccc4c(c3)NCCO4)c2)[C@H](O)[C@@H](O)[C@@H]1O. The van der Waals surface area contributed by atoms with Crippen LogP contribution in [0.3, 0.4) is 0 Å². The van der Waals surface area contributed by atoms with E-state index in [0.717, 1.165) is 98.8 Å². The number of ether oxygens (including phenoxy) is 7. The van der Waals surface area contributed by atoms with Gasteiger partial charge in [-0.1, -0.05) is 48.5 Å². The number of aromatic hydroxyl groups is 1. The number of benzene rings is 6. The number of phenolic OH excluding ortho intramolecular Hbond substituents is 1. The van der Waals surface area contributed by atoms with Gasteiger partial charge in [0.1, 0.15) is 140 Å². The molecule has 3 fully saturated rings. The fourth-order valence-electron chi connectivity index (χ4n) is 12.6. The Morgan fingerprint density at radius 2 is 0.947 bits per heavy atom. The molecular weight excluding hydrogens is 1220 g/mol. The van der Waals surface area contributed by atoms with Gasteiger partial charge >= 0.3 is 0 Å². The maximum absolute atomic E-state index is 11.0. The first kappa shape index (κ1) is 67.7. The van der Waals surface area contributed by atoms with Gasteiger partial charge in [-0.15, -0.1) is 0 Å². The zero-order valence-electron chi connectivity index (χ0n) is 52.0. The van der Waals surface area contributed by atoms with Crippen molar-refractivity contribution in [2.24, 2.45) is 0 Å². The van der Waals surface area contributed by atoms with Crippen molar-refractivity contribution >= 4 is 17.1 Å². The van der Waals surface area contributed by atoms with Crippen molar-refractivity contribution in [2.75, 3.05) is 81.8 Å². The third-order valence-electron chi connectivity index (χ3n) is 17.8. The minimum absolute atomic E-state index is 0.0405. The molecule has 7 heterocycles. The summed E-state index contributed by atoms with van der Waals surface area (Å²) >= 11 is 0. The number of phenols is 1. The van der Waals surface area contributed by atoms with Gasteiger partial charge in [-0.05, 0) is 125 Å². The van der Waals surface area contributed by atoms with E-state index in [4.69, 9.17) is 33.2 Å². The summed E-state index contributed by atoms with van der Waals surface area (Å²) in [4.78, 5) is 0. The smallest absolute Gasteiger partial charge is 0.142 e. The second-order valence-electron chi connectivity index (χ2n) is 24.0. The molecule has 7 aromatic rings. The fourth-order valence-corrected chi connectivity index (χ4v) is 12.6. The normalized spacial score (nSPS) is 27.6. The van der Waals surface area contributed by atoms with E-state index in [1.165, 1.54) is 0 Å². The maximum atomic E-state index is 11.0. The van der Waals surface area contributed by atoms with E-state index in [0.29, 0.717) is 67.9 Å². The second kappa shape index (κ2) is 30.4. The van der Waals surface area contributed by atoms with Crippen molar-refractivity contribution in [3.8, 4) is 34.4 Å². The van der Waals surface area contributed by atoms with E-state index in [-0.39, 0.29) is 5.75 Å². The predicted octanol–water partition coefficient (Wildman–Crippen LogP) is 2.39. The number of hydrogen-bond acceptors (Lipinski definition) is 24. The van der Waals surface area contributed by atoms with Crippen LogP contribution >= 0.6 is 0 Å². The molecule has 0 unspecified atom stereocenters. The van der Waals surface area contributed by atoms with Crippen LogP contribution in [0.25, 0.3) is 5.69 Å². The number of aromatic nitrogens is 2. The third kappa shape index (κ3) is 14.7. The molecule has 25 nitrogen and oxygen atoms in total. The van der Waals surface area contributed by atoms with E-state index in [9.17, 15) is 66.4 Å². The minimum atomic E-state index is -1.50. The van der Waals surface area contributed by atoms with E-state index in [2.05, 4.69) is 27.1 Å². The Bertz CT molecular complexity index is 3670. The molecular formula is C69H83N5O20. The van der Waals surface area contributed by atoms with Gasteiger partial charge in [-0.25, -0.2) is 4.68 Å². The van der Waals surface area contributed by atoms with Crippen LogP contribution in [0.15, 0.2) is 122 Å². The molecule has 0 saturated carbocycles. The van der Waals surface area contributed by atoms with Crippen molar-refractivity contribution in [1.82, 2.24) is 9.78 Å². The molecule has 13 rings (SSSR count). The summed E-state index contributed by atoms with van der Waals surface area (Å²) in [5.41, 5.74) is 11.7. The highest BCUT2D eigenvalue weighted by Crippen LogP contribution is 2.42. The highest BCUT2D eigenvalue weighted by Gasteiger charge is 2.47. The maximum Gasteiger partial charge on any atom is 0.142 e. The summed E-state index contributed by atoms with van der Waals surface area (Å²) in [7, 11) is 0. The van der Waals surface area contributed by atoms with E-state index >= 15 is 0 Å². The van der Waals surface area contributed by atoms with Crippen molar-refractivity contribution < 1.29 is 99.5 Å². The zero-order chi connectivity index (χ0) is 66.3. The minimum Gasteiger partial charge on any atom is -0.507 e. The standard InChI is InChI=1S/C24H27N3O6.C23H29NO7.C22H27NO7/c28-13-20-21(29)22(30)23(31)24(33-20)15-3-4-18(27-8-1-6-26-27)16(12-15)10-14-2-5-19-17(11-14)25-7-9-32-19;1-2-29-17-6-4-14(23-22(28)21(27)20(26)19(12-25)31-23)11-15(17)9-13-3-5-18-16(10-13)24-7-8-30-18;1-11-2-4-13(22-21(28)20(27)19(26)17(10-24)30-22)18(25)14(11)8-12-3-5-16-15(9-12)23-6-7-29-16/h1-6,8,11-12,20-25,28-31H,7,9-10,13H2;3-6,10-11,19-28H,2,7-9,12H2,1H3;2-5,9,17,19-28H,6-8,10H2,1H3/t20-,21-,22+,23-,24+;19-,20-,21+,22-,23+;17-,19-,20+,21-,22+/m111/s1. The van der Waals surface area contributed by atoms with Gasteiger partial charge in [0.25, 0.3) is 0 Å². The van der Waals surface area contributed by atoms with Gasteiger partial charge in [0.15, 0.2) is 0 Å². The first-order chi connectivity index (χ1) is 45.5. The van der Waals surface area contributed by atoms with Crippen LogP contribution < -0.4 is 34.9 Å². The molecule has 6 aromatic carbocycles. The Kier molecular flexibility index (Phi) is 21.9. The number of aryl methyl sites for hydroxylation is 1. The molecule has 0 bridgehead atoms. The summed E-state index contributed by atoms with van der Waals surface area (Å²) < 4.78 is 41.6. The van der Waals surface area contributed by atoms with Crippen LogP contribution in [0, 0.1) is 6.92 Å². The van der Waals surface area contributed by atoms with Gasteiger partial charge in [-0.3, -0.25) is 0 Å². The molecule has 0 radical (unpaired) electrons. The summed E-state index contributed by atoms with van der Waals surface area (Å²) in [6.45, 7) is 6.98. The molecule has 15 atom stereocenters. The first-order valence-corrected chi connectivity index (χ1v) is 31.6. The van der Waals surface area contributed by atoms with E-state index < -0.39 is 111 Å². The molecule has 3 saturated heterocycles. The third-order valence-corrected chi connectivity index (χ3v) is 17.8. The quantitative estimate of drug-likeness (QED) is 0.0700. The number of anilines is 3. The topological polar surface area (TPSA) is 382 Å². The van der Waals surface area contributed by atoms with Gasteiger partial charge in [-0.2, -0.15) is 5.10 Å². The van der Waals surface area contributed by atoms with Crippen molar-refractivity contribution in [2.45, 2.75) is 125 Å². The average molecular weight is 1300 g/mol. The molecule has 16 N–H and O–H groups in total. The van der Waals surface area contributed by atoms with Crippen LogP contribution in [0.1, 0.15) is 80.9 Å². The van der Waals surface area contributed by atoms with Gasteiger partial charge in [0.05, 0.1) is 49.2 Å². The van der Waals surface area contributed by atoms with Crippen LogP contribution in [0.4, 0.5) is 17.1 Å². The number of hydrogen-bond donors (Lipinski definition) is 16. The van der Waals surface area contributed by atoms with Crippen LogP contribution in [-0.2, 0) is 33.5 Å².